The van der Waals surface area contributed by atoms with Crippen LogP contribution < -0.4 is 0 Å². The Labute approximate surface area is 167 Å². The van der Waals surface area contributed by atoms with Crippen LogP contribution in [0.3, 0.4) is 0 Å². The van der Waals surface area contributed by atoms with Gasteiger partial charge in [-0.15, -0.1) is 0 Å². The minimum Gasteiger partial charge on any atom is -0.456 e. The molecule has 0 unspecified atom stereocenters. The van der Waals surface area contributed by atoms with E-state index in [4.69, 9.17) is 4.74 Å². The summed E-state index contributed by atoms with van der Waals surface area (Å²) in [6, 6.07) is 0. The summed E-state index contributed by atoms with van der Waals surface area (Å²) in [5, 5.41) is 39.9. The fraction of sp³-hybridized carbons (Fsp3) is 0.591. The van der Waals surface area contributed by atoms with Crippen molar-refractivity contribution in [3.05, 3.63) is 47.3 Å². The summed E-state index contributed by atoms with van der Waals surface area (Å²) < 4.78 is 5.25. The van der Waals surface area contributed by atoms with Gasteiger partial charge in [0.15, 0.2) is 0 Å². The first-order valence-electron chi connectivity index (χ1n) is 9.70. The van der Waals surface area contributed by atoms with Crippen LogP contribution in [-0.4, -0.2) is 50.3 Å². The fourth-order valence-electron chi connectivity index (χ4n) is 2.89. The molecule has 158 valence electrons. The molecule has 28 heavy (non-hydrogen) atoms. The largest absolute Gasteiger partial charge is 0.456 e. The SMILES string of the molecule is C/C=C(\C)[C@@H](O)[C@H](C)/C=C/C=C/CC[C@H](O)CC1=C(C)C(=O)[C@@](O)([C@@H](C)O)O1. The van der Waals surface area contributed by atoms with E-state index in [0.717, 1.165) is 5.57 Å². The van der Waals surface area contributed by atoms with E-state index in [0.29, 0.717) is 12.8 Å². The average molecular weight is 395 g/mol. The Morgan fingerprint density at radius 1 is 1.21 bits per heavy atom. The van der Waals surface area contributed by atoms with Crippen molar-refractivity contribution in [3.8, 4) is 0 Å². The van der Waals surface area contributed by atoms with Gasteiger partial charge in [0, 0.05) is 17.9 Å². The predicted octanol–water partition coefficient (Wildman–Crippen LogP) is 2.54. The highest BCUT2D eigenvalue weighted by molar-refractivity contribution is 6.03. The van der Waals surface area contributed by atoms with Crippen molar-refractivity contribution in [1.82, 2.24) is 0 Å². The van der Waals surface area contributed by atoms with E-state index in [1.165, 1.54) is 13.8 Å². The first-order chi connectivity index (χ1) is 13.0. The third-order valence-corrected chi connectivity index (χ3v) is 5.10. The third kappa shape index (κ3) is 6.14. The van der Waals surface area contributed by atoms with Gasteiger partial charge in [-0.1, -0.05) is 37.3 Å². The van der Waals surface area contributed by atoms with Gasteiger partial charge in [0.1, 0.15) is 11.9 Å². The smallest absolute Gasteiger partial charge is 0.298 e. The first-order valence-corrected chi connectivity index (χ1v) is 9.70. The Balaban J connectivity index is 2.46. The van der Waals surface area contributed by atoms with Crippen LogP contribution in [0.4, 0.5) is 0 Å². The molecule has 0 bridgehead atoms. The molecule has 1 aliphatic rings. The predicted molar refractivity (Wildman–Crippen MR) is 108 cm³/mol. The van der Waals surface area contributed by atoms with Gasteiger partial charge in [-0.2, -0.15) is 0 Å². The molecule has 5 atom stereocenters. The standard InChI is InChI=1S/C22H34O6/c1-6-14(2)20(25)15(3)11-9-7-8-10-12-18(24)13-19-16(4)21(26)22(27,28-19)17(5)23/h6-9,11,15,17-18,20,23-25,27H,10,12-13H2,1-5H3/b8-7+,11-9+,14-6+/t15-,17-,18+,20-,22-/m1/s1. The lowest BCUT2D eigenvalue weighted by atomic mass is 9.98. The molecule has 0 aromatic heterocycles. The van der Waals surface area contributed by atoms with Gasteiger partial charge in [0.05, 0.1) is 12.2 Å². The molecule has 1 heterocycles. The molecule has 1 rings (SSSR count). The molecular weight excluding hydrogens is 360 g/mol. The molecule has 0 saturated heterocycles. The van der Waals surface area contributed by atoms with Crippen LogP contribution in [0.1, 0.15) is 53.9 Å². The van der Waals surface area contributed by atoms with Crippen molar-refractivity contribution < 1.29 is 30.0 Å². The summed E-state index contributed by atoms with van der Waals surface area (Å²) in [6.45, 7) is 8.53. The molecule has 0 saturated carbocycles. The second kappa shape index (κ2) is 10.7. The molecule has 0 spiro atoms. The zero-order valence-electron chi connectivity index (χ0n) is 17.4. The lowest BCUT2D eigenvalue weighted by molar-refractivity contribution is -0.213. The number of hydrogen-bond donors (Lipinski definition) is 4. The lowest BCUT2D eigenvalue weighted by Crippen LogP contribution is -2.47. The number of Topliss-reactive ketones (excluding diaryl/α,β-unsaturated/α-hetero) is 1. The minimum absolute atomic E-state index is 0.00562. The van der Waals surface area contributed by atoms with Crippen LogP contribution in [0.5, 0.6) is 0 Å². The number of carbonyl (C=O) groups excluding carboxylic acids is 1. The van der Waals surface area contributed by atoms with Crippen molar-refractivity contribution >= 4 is 5.78 Å². The van der Waals surface area contributed by atoms with Gasteiger partial charge in [-0.05, 0) is 46.1 Å². The Kier molecular flexibility index (Phi) is 9.30. The average Bonchev–Trinajstić information content (AvgIpc) is 2.87. The third-order valence-electron chi connectivity index (χ3n) is 5.10. The monoisotopic (exact) mass is 394 g/mol. The van der Waals surface area contributed by atoms with Crippen LogP contribution in [-0.2, 0) is 9.53 Å². The van der Waals surface area contributed by atoms with Crippen molar-refractivity contribution in [2.45, 2.75) is 78.0 Å². The van der Waals surface area contributed by atoms with E-state index in [1.54, 1.807) is 0 Å². The van der Waals surface area contributed by atoms with Gasteiger partial charge in [-0.3, -0.25) is 4.79 Å². The Morgan fingerprint density at radius 2 is 1.86 bits per heavy atom. The first kappa shape index (κ1) is 24.3. The van der Waals surface area contributed by atoms with Gasteiger partial charge in [0.2, 0.25) is 5.78 Å². The highest BCUT2D eigenvalue weighted by Crippen LogP contribution is 2.33. The Morgan fingerprint density at radius 3 is 2.39 bits per heavy atom. The topological polar surface area (TPSA) is 107 Å². The quantitative estimate of drug-likeness (QED) is 0.335. The van der Waals surface area contributed by atoms with Crippen molar-refractivity contribution in [2.24, 2.45) is 5.92 Å². The van der Waals surface area contributed by atoms with E-state index < -0.39 is 29.9 Å². The molecule has 0 aromatic rings. The van der Waals surface area contributed by atoms with Crippen LogP contribution >= 0.6 is 0 Å². The number of hydrogen-bond acceptors (Lipinski definition) is 6. The number of ether oxygens (including phenoxy) is 1. The van der Waals surface area contributed by atoms with E-state index in [9.17, 15) is 25.2 Å². The van der Waals surface area contributed by atoms with Gasteiger partial charge in [0.25, 0.3) is 5.79 Å². The summed E-state index contributed by atoms with van der Waals surface area (Å²) in [6.07, 6.45) is 8.06. The number of aliphatic hydroxyl groups is 4. The van der Waals surface area contributed by atoms with Crippen LogP contribution in [0.25, 0.3) is 0 Å². The molecule has 0 fully saturated rings. The van der Waals surface area contributed by atoms with Crippen molar-refractivity contribution in [1.29, 1.82) is 0 Å². The number of carbonyl (C=O) groups is 1. The van der Waals surface area contributed by atoms with Gasteiger partial charge in [-0.25, -0.2) is 0 Å². The van der Waals surface area contributed by atoms with Crippen LogP contribution in [0.2, 0.25) is 0 Å². The second-order valence-corrected chi connectivity index (χ2v) is 7.44. The lowest BCUT2D eigenvalue weighted by Gasteiger charge is -2.25. The van der Waals surface area contributed by atoms with Crippen LogP contribution in [0.15, 0.2) is 47.3 Å². The van der Waals surface area contributed by atoms with Crippen molar-refractivity contribution in [3.63, 3.8) is 0 Å². The maximum atomic E-state index is 12.0. The zero-order valence-corrected chi connectivity index (χ0v) is 17.4. The molecule has 6 heteroatoms. The summed E-state index contributed by atoms with van der Waals surface area (Å²) >= 11 is 0. The molecular formula is C22H34O6. The maximum Gasteiger partial charge on any atom is 0.298 e. The number of allylic oxidation sites excluding steroid dienone is 4. The van der Waals surface area contributed by atoms with E-state index >= 15 is 0 Å². The summed E-state index contributed by atoms with van der Waals surface area (Å²) in [5.74, 6) is -2.70. The Hall–Kier alpha value is -1.73. The Bertz CT molecular complexity index is 658. The van der Waals surface area contributed by atoms with Gasteiger partial charge >= 0.3 is 0 Å². The minimum atomic E-state index is -2.25. The number of aliphatic hydroxyl groups excluding tert-OH is 3. The highest BCUT2D eigenvalue weighted by atomic mass is 16.6. The number of ketones is 1. The van der Waals surface area contributed by atoms with E-state index in [-0.39, 0.29) is 23.7 Å². The van der Waals surface area contributed by atoms with Gasteiger partial charge < -0.3 is 25.2 Å². The molecule has 0 amide bonds. The molecule has 1 aliphatic heterocycles. The molecule has 4 N–H and O–H groups in total. The molecule has 6 nitrogen and oxygen atoms in total. The van der Waals surface area contributed by atoms with Crippen LogP contribution in [0, 0.1) is 5.92 Å². The fourth-order valence-corrected chi connectivity index (χ4v) is 2.89. The van der Waals surface area contributed by atoms with E-state index in [2.05, 4.69) is 0 Å². The summed E-state index contributed by atoms with van der Waals surface area (Å²) in [4.78, 5) is 12.0. The normalized spacial score (nSPS) is 25.5. The number of rotatable bonds is 10. The maximum absolute atomic E-state index is 12.0. The van der Waals surface area contributed by atoms with Crippen molar-refractivity contribution in [2.75, 3.05) is 0 Å². The zero-order chi connectivity index (χ0) is 21.5. The molecule has 0 aliphatic carbocycles. The highest BCUT2D eigenvalue weighted by Gasteiger charge is 2.50. The van der Waals surface area contributed by atoms with E-state index in [1.807, 2.05) is 51.2 Å². The summed E-state index contributed by atoms with van der Waals surface area (Å²) in [7, 11) is 0. The molecule has 0 radical (unpaired) electrons. The molecule has 0 aromatic carbocycles. The second-order valence-electron chi connectivity index (χ2n) is 7.44. The summed E-state index contributed by atoms with van der Waals surface area (Å²) in [5.41, 5.74) is 1.16.